The molecule has 0 fully saturated rings. The molecule has 0 amide bonds. The number of nitrogens with one attached hydrogen (secondary N) is 1. The molecular weight excluding hydrogens is 246 g/mol. The van der Waals surface area contributed by atoms with Gasteiger partial charge in [0, 0.05) is 11.6 Å². The lowest BCUT2D eigenvalue weighted by molar-refractivity contribution is 0.299. The molecule has 0 spiro atoms. The van der Waals surface area contributed by atoms with Crippen LogP contribution in [-0.2, 0) is 6.61 Å². The van der Waals surface area contributed by atoms with Gasteiger partial charge in [0.15, 0.2) is 0 Å². The molecule has 0 saturated carbocycles. The summed E-state index contributed by atoms with van der Waals surface area (Å²) in [5.41, 5.74) is 4.92. The van der Waals surface area contributed by atoms with E-state index in [9.17, 15) is 0 Å². The smallest absolute Gasteiger partial charge is 0.124 e. The molecule has 2 aromatic rings. The van der Waals surface area contributed by atoms with Crippen LogP contribution in [0.1, 0.15) is 35.2 Å². The zero-order valence-corrected chi connectivity index (χ0v) is 12.7. The Bertz CT molecular complexity index is 577. The Hall–Kier alpha value is -1.80. The van der Waals surface area contributed by atoms with Gasteiger partial charge in [0.1, 0.15) is 12.4 Å². The van der Waals surface area contributed by atoms with Crippen LogP contribution in [-0.4, -0.2) is 7.05 Å². The molecule has 2 heteroatoms. The van der Waals surface area contributed by atoms with E-state index in [1.165, 1.54) is 22.3 Å². The van der Waals surface area contributed by atoms with Crippen LogP contribution in [0.25, 0.3) is 0 Å². The summed E-state index contributed by atoms with van der Waals surface area (Å²) in [5.74, 6) is 0.968. The summed E-state index contributed by atoms with van der Waals surface area (Å²) in [6.45, 7) is 6.96. The van der Waals surface area contributed by atoms with Crippen molar-refractivity contribution < 1.29 is 4.74 Å². The Labute approximate surface area is 121 Å². The van der Waals surface area contributed by atoms with E-state index in [-0.39, 0.29) is 6.04 Å². The molecule has 106 valence electrons. The predicted octanol–water partition coefficient (Wildman–Crippen LogP) is 4.16. The van der Waals surface area contributed by atoms with Crippen LogP contribution in [0.3, 0.4) is 0 Å². The molecule has 20 heavy (non-hydrogen) atoms. The minimum Gasteiger partial charge on any atom is -0.489 e. The van der Waals surface area contributed by atoms with E-state index >= 15 is 0 Å². The molecule has 2 aromatic carbocycles. The van der Waals surface area contributed by atoms with E-state index in [0.29, 0.717) is 6.61 Å². The van der Waals surface area contributed by atoms with Crippen molar-refractivity contribution in [1.29, 1.82) is 0 Å². The van der Waals surface area contributed by atoms with Crippen LogP contribution in [0.2, 0.25) is 0 Å². The van der Waals surface area contributed by atoms with Gasteiger partial charge in [-0.05, 0) is 50.6 Å². The summed E-state index contributed by atoms with van der Waals surface area (Å²) < 4.78 is 6.07. The lowest BCUT2D eigenvalue weighted by Crippen LogP contribution is -2.14. The van der Waals surface area contributed by atoms with Crippen molar-refractivity contribution in [2.75, 3.05) is 7.05 Å². The van der Waals surface area contributed by atoms with Gasteiger partial charge < -0.3 is 10.1 Å². The van der Waals surface area contributed by atoms with Crippen LogP contribution < -0.4 is 10.1 Å². The largest absolute Gasteiger partial charge is 0.489 e. The summed E-state index contributed by atoms with van der Waals surface area (Å²) in [6, 6.07) is 15.0. The fraction of sp³-hybridized carbons (Fsp3) is 0.333. The number of aryl methyl sites for hydroxylation is 2. The van der Waals surface area contributed by atoms with E-state index in [0.717, 1.165) is 5.75 Å². The highest BCUT2D eigenvalue weighted by molar-refractivity contribution is 5.39. The van der Waals surface area contributed by atoms with Crippen molar-refractivity contribution in [2.24, 2.45) is 0 Å². The Kier molecular flexibility index (Phi) is 4.80. The third-order valence-electron chi connectivity index (χ3n) is 3.71. The van der Waals surface area contributed by atoms with E-state index < -0.39 is 0 Å². The zero-order valence-electron chi connectivity index (χ0n) is 12.7. The molecule has 0 heterocycles. The molecule has 0 radical (unpaired) electrons. The van der Waals surface area contributed by atoms with Gasteiger partial charge in [0.25, 0.3) is 0 Å². The molecule has 0 aliphatic carbocycles. The average molecular weight is 269 g/mol. The highest BCUT2D eigenvalue weighted by Crippen LogP contribution is 2.27. The van der Waals surface area contributed by atoms with Crippen molar-refractivity contribution in [3.8, 4) is 5.75 Å². The molecule has 0 aliphatic heterocycles. The van der Waals surface area contributed by atoms with Crippen LogP contribution in [0, 0.1) is 13.8 Å². The van der Waals surface area contributed by atoms with Gasteiger partial charge in [-0.1, -0.05) is 36.4 Å². The normalized spacial score (nSPS) is 12.2. The quantitative estimate of drug-likeness (QED) is 0.880. The van der Waals surface area contributed by atoms with Gasteiger partial charge in [0.05, 0.1) is 0 Å². The van der Waals surface area contributed by atoms with Crippen molar-refractivity contribution in [2.45, 2.75) is 33.4 Å². The maximum Gasteiger partial charge on any atom is 0.124 e. The maximum absolute atomic E-state index is 6.07. The van der Waals surface area contributed by atoms with E-state index in [4.69, 9.17) is 4.74 Å². The number of hydrogen-bond donors (Lipinski definition) is 1. The average Bonchev–Trinajstić information content (AvgIpc) is 2.46. The van der Waals surface area contributed by atoms with Gasteiger partial charge in [-0.25, -0.2) is 0 Å². The minimum absolute atomic E-state index is 0.280. The van der Waals surface area contributed by atoms with Crippen molar-refractivity contribution in [3.63, 3.8) is 0 Å². The molecule has 1 unspecified atom stereocenters. The third-order valence-corrected chi connectivity index (χ3v) is 3.71. The second-order valence-corrected chi connectivity index (χ2v) is 5.27. The third kappa shape index (κ3) is 3.40. The first-order valence-corrected chi connectivity index (χ1v) is 7.07. The van der Waals surface area contributed by atoms with Crippen molar-refractivity contribution in [1.82, 2.24) is 5.32 Å². The summed E-state index contributed by atoms with van der Waals surface area (Å²) in [7, 11) is 1.97. The van der Waals surface area contributed by atoms with Crippen molar-refractivity contribution >= 4 is 0 Å². The first-order valence-electron chi connectivity index (χ1n) is 7.07. The van der Waals surface area contributed by atoms with Gasteiger partial charge in [0.2, 0.25) is 0 Å². The minimum atomic E-state index is 0.280. The fourth-order valence-corrected chi connectivity index (χ4v) is 2.21. The number of benzene rings is 2. The molecule has 0 aliphatic rings. The number of ether oxygens (including phenoxy) is 1. The van der Waals surface area contributed by atoms with Crippen LogP contribution >= 0.6 is 0 Å². The van der Waals surface area contributed by atoms with Crippen molar-refractivity contribution in [3.05, 3.63) is 64.7 Å². The number of hydrogen-bond acceptors (Lipinski definition) is 2. The molecule has 2 nitrogen and oxygen atoms in total. The topological polar surface area (TPSA) is 21.3 Å². The Morgan fingerprint density at radius 1 is 1.10 bits per heavy atom. The van der Waals surface area contributed by atoms with Gasteiger partial charge >= 0.3 is 0 Å². The Morgan fingerprint density at radius 2 is 1.85 bits per heavy atom. The predicted molar refractivity (Wildman–Crippen MR) is 84.2 cm³/mol. The molecule has 2 rings (SSSR count). The standard InChI is InChI=1S/C18H23NO/c1-13-9-10-17(15(3)19-4)18(11-13)20-12-16-8-6-5-7-14(16)2/h5-11,15,19H,12H2,1-4H3. The monoisotopic (exact) mass is 269 g/mol. The number of rotatable bonds is 5. The van der Waals surface area contributed by atoms with E-state index in [1.807, 2.05) is 7.05 Å². The lowest BCUT2D eigenvalue weighted by atomic mass is 10.0. The second kappa shape index (κ2) is 6.58. The summed E-state index contributed by atoms with van der Waals surface area (Å²) in [6.07, 6.45) is 0. The Morgan fingerprint density at radius 3 is 2.55 bits per heavy atom. The van der Waals surface area contributed by atoms with Crippen LogP contribution in [0.4, 0.5) is 0 Å². The first kappa shape index (κ1) is 14.6. The fourth-order valence-electron chi connectivity index (χ4n) is 2.21. The van der Waals surface area contributed by atoms with E-state index in [2.05, 4.69) is 68.6 Å². The molecule has 0 aromatic heterocycles. The maximum atomic E-state index is 6.07. The van der Waals surface area contributed by atoms with Crippen LogP contribution in [0.5, 0.6) is 5.75 Å². The van der Waals surface area contributed by atoms with Gasteiger partial charge in [-0.3, -0.25) is 0 Å². The molecule has 1 N–H and O–H groups in total. The first-order chi connectivity index (χ1) is 9.61. The van der Waals surface area contributed by atoms with Crippen LogP contribution in [0.15, 0.2) is 42.5 Å². The molecular formula is C18H23NO. The summed E-state index contributed by atoms with van der Waals surface area (Å²) in [4.78, 5) is 0. The zero-order chi connectivity index (χ0) is 14.5. The highest BCUT2D eigenvalue weighted by atomic mass is 16.5. The van der Waals surface area contributed by atoms with Gasteiger partial charge in [-0.2, -0.15) is 0 Å². The molecule has 0 bridgehead atoms. The highest BCUT2D eigenvalue weighted by Gasteiger charge is 2.10. The molecule has 0 saturated heterocycles. The van der Waals surface area contributed by atoms with Gasteiger partial charge in [-0.15, -0.1) is 0 Å². The molecule has 1 atom stereocenters. The SMILES string of the molecule is CNC(C)c1ccc(C)cc1OCc1ccccc1C. The summed E-state index contributed by atoms with van der Waals surface area (Å²) in [5, 5.41) is 3.27. The van der Waals surface area contributed by atoms with E-state index in [1.54, 1.807) is 0 Å². The lowest BCUT2D eigenvalue weighted by Gasteiger charge is -2.17. The summed E-state index contributed by atoms with van der Waals surface area (Å²) >= 11 is 0. The Balaban J connectivity index is 2.20. The second-order valence-electron chi connectivity index (χ2n) is 5.27.